The Labute approximate surface area is 110 Å². The zero-order valence-electron chi connectivity index (χ0n) is 10.1. The molecule has 0 amide bonds. The fourth-order valence-electron chi connectivity index (χ4n) is 2.19. The van der Waals surface area contributed by atoms with Gasteiger partial charge < -0.3 is 14.2 Å². The van der Waals surface area contributed by atoms with Crippen LogP contribution in [0.25, 0.3) is 11.2 Å². The molecular formula is C11H14ClN5O. The van der Waals surface area contributed by atoms with Gasteiger partial charge in [0.15, 0.2) is 11.5 Å². The van der Waals surface area contributed by atoms with Crippen molar-refractivity contribution in [3.05, 3.63) is 11.6 Å². The van der Waals surface area contributed by atoms with E-state index in [1.165, 1.54) is 0 Å². The van der Waals surface area contributed by atoms with Gasteiger partial charge in [-0.2, -0.15) is 9.97 Å². The van der Waals surface area contributed by atoms with E-state index in [1.807, 2.05) is 11.6 Å². The average Bonchev–Trinajstić information content (AvgIpc) is 2.59. The van der Waals surface area contributed by atoms with E-state index in [9.17, 15) is 0 Å². The Morgan fingerprint density at radius 3 is 3.06 bits per heavy atom. The smallest absolute Gasteiger partial charge is 0.226 e. The molecule has 1 aliphatic rings. The Balaban J connectivity index is 2.11. The van der Waals surface area contributed by atoms with Crippen molar-refractivity contribution in [1.82, 2.24) is 19.5 Å². The van der Waals surface area contributed by atoms with Gasteiger partial charge in [0.2, 0.25) is 5.28 Å². The minimum atomic E-state index is 0.237. The fourth-order valence-corrected chi connectivity index (χ4v) is 2.35. The first-order chi connectivity index (χ1) is 8.75. The van der Waals surface area contributed by atoms with Crippen LogP contribution in [0.4, 0.5) is 5.82 Å². The van der Waals surface area contributed by atoms with Gasteiger partial charge in [0, 0.05) is 26.7 Å². The number of anilines is 1. The summed E-state index contributed by atoms with van der Waals surface area (Å²) < 4.78 is 7.38. The quantitative estimate of drug-likeness (QED) is 0.728. The summed E-state index contributed by atoms with van der Waals surface area (Å²) in [5, 5.41) is 0.237. The van der Waals surface area contributed by atoms with E-state index >= 15 is 0 Å². The molecule has 3 heterocycles. The van der Waals surface area contributed by atoms with Crippen molar-refractivity contribution < 1.29 is 4.74 Å². The molecule has 3 rings (SSSR count). The zero-order valence-corrected chi connectivity index (χ0v) is 10.9. The summed E-state index contributed by atoms with van der Waals surface area (Å²) in [6, 6.07) is 0. The molecular weight excluding hydrogens is 254 g/mol. The number of halogens is 1. The summed E-state index contributed by atoms with van der Waals surface area (Å²) in [6.45, 7) is 3.23. The number of ether oxygens (including phenoxy) is 1. The topological polar surface area (TPSA) is 56.1 Å². The first-order valence-corrected chi connectivity index (χ1v) is 6.31. The Morgan fingerprint density at radius 1 is 1.28 bits per heavy atom. The van der Waals surface area contributed by atoms with E-state index in [4.69, 9.17) is 16.3 Å². The number of hydrogen-bond donors (Lipinski definition) is 0. The summed E-state index contributed by atoms with van der Waals surface area (Å²) in [7, 11) is 1.93. The van der Waals surface area contributed by atoms with Crippen LogP contribution in [-0.4, -0.2) is 45.8 Å². The van der Waals surface area contributed by atoms with Crippen molar-refractivity contribution >= 4 is 28.6 Å². The SMILES string of the molecule is Cn1cnc2nc(Cl)nc(N3CCCOCC3)c21. The van der Waals surface area contributed by atoms with Crippen molar-refractivity contribution in [1.29, 1.82) is 0 Å². The van der Waals surface area contributed by atoms with Crippen LogP contribution in [0.3, 0.4) is 0 Å². The Kier molecular flexibility index (Phi) is 3.05. The second kappa shape index (κ2) is 4.70. The van der Waals surface area contributed by atoms with Crippen LogP contribution in [0.1, 0.15) is 6.42 Å². The van der Waals surface area contributed by atoms with Crippen LogP contribution < -0.4 is 4.90 Å². The third-order valence-electron chi connectivity index (χ3n) is 3.05. The van der Waals surface area contributed by atoms with Crippen LogP contribution >= 0.6 is 11.6 Å². The molecule has 0 spiro atoms. The summed E-state index contributed by atoms with van der Waals surface area (Å²) in [6.07, 6.45) is 2.72. The van der Waals surface area contributed by atoms with Crippen LogP contribution in [0.5, 0.6) is 0 Å². The second-order valence-electron chi connectivity index (χ2n) is 4.30. The molecule has 0 aliphatic carbocycles. The lowest BCUT2D eigenvalue weighted by Gasteiger charge is -2.21. The van der Waals surface area contributed by atoms with Gasteiger partial charge in [0.1, 0.15) is 5.52 Å². The van der Waals surface area contributed by atoms with E-state index < -0.39 is 0 Å². The number of imidazole rings is 1. The van der Waals surface area contributed by atoms with E-state index in [1.54, 1.807) is 6.33 Å². The lowest BCUT2D eigenvalue weighted by Crippen LogP contribution is -2.27. The molecule has 0 aromatic carbocycles. The fraction of sp³-hybridized carbons (Fsp3) is 0.545. The maximum Gasteiger partial charge on any atom is 0.226 e. The van der Waals surface area contributed by atoms with Crippen LogP contribution in [0, 0.1) is 0 Å². The molecule has 1 aliphatic heterocycles. The van der Waals surface area contributed by atoms with E-state index in [-0.39, 0.29) is 5.28 Å². The number of rotatable bonds is 1. The van der Waals surface area contributed by atoms with Gasteiger partial charge >= 0.3 is 0 Å². The lowest BCUT2D eigenvalue weighted by atomic mass is 10.3. The van der Waals surface area contributed by atoms with Crippen molar-refractivity contribution in [3.8, 4) is 0 Å². The number of hydrogen-bond acceptors (Lipinski definition) is 5. The largest absolute Gasteiger partial charge is 0.380 e. The maximum atomic E-state index is 5.96. The summed E-state index contributed by atoms with van der Waals surface area (Å²) in [4.78, 5) is 14.9. The Bertz CT molecular complexity index is 562. The molecule has 18 heavy (non-hydrogen) atoms. The minimum absolute atomic E-state index is 0.237. The van der Waals surface area contributed by atoms with Crippen molar-refractivity contribution in [2.24, 2.45) is 7.05 Å². The molecule has 0 saturated carbocycles. The van der Waals surface area contributed by atoms with Crippen molar-refractivity contribution in [2.75, 3.05) is 31.2 Å². The van der Waals surface area contributed by atoms with Gasteiger partial charge in [-0.25, -0.2) is 4.98 Å². The van der Waals surface area contributed by atoms with E-state index in [2.05, 4.69) is 19.9 Å². The molecule has 1 saturated heterocycles. The molecule has 0 bridgehead atoms. The maximum absolute atomic E-state index is 5.96. The predicted molar refractivity (Wildman–Crippen MR) is 69.0 cm³/mol. The highest BCUT2D eigenvalue weighted by Gasteiger charge is 2.18. The molecule has 1 fully saturated rings. The van der Waals surface area contributed by atoms with Gasteiger partial charge in [-0.1, -0.05) is 0 Å². The monoisotopic (exact) mass is 267 g/mol. The van der Waals surface area contributed by atoms with E-state index in [0.29, 0.717) is 12.3 Å². The predicted octanol–water partition coefficient (Wildman–Crippen LogP) is 1.24. The van der Waals surface area contributed by atoms with Gasteiger partial charge in [0.25, 0.3) is 0 Å². The second-order valence-corrected chi connectivity index (χ2v) is 4.63. The highest BCUT2D eigenvalue weighted by atomic mass is 35.5. The molecule has 0 unspecified atom stereocenters. The third kappa shape index (κ3) is 2.02. The number of nitrogens with zero attached hydrogens (tertiary/aromatic N) is 5. The molecule has 7 heteroatoms. The summed E-state index contributed by atoms with van der Waals surface area (Å²) >= 11 is 5.96. The molecule has 0 N–H and O–H groups in total. The third-order valence-corrected chi connectivity index (χ3v) is 3.22. The minimum Gasteiger partial charge on any atom is -0.380 e. The molecule has 96 valence electrons. The van der Waals surface area contributed by atoms with Crippen LogP contribution in [-0.2, 0) is 11.8 Å². The molecule has 6 nitrogen and oxygen atoms in total. The van der Waals surface area contributed by atoms with Gasteiger partial charge in [-0.3, -0.25) is 0 Å². The summed E-state index contributed by atoms with van der Waals surface area (Å²) in [5.41, 5.74) is 1.55. The molecule has 2 aromatic heterocycles. The van der Waals surface area contributed by atoms with E-state index in [0.717, 1.165) is 37.5 Å². The first-order valence-electron chi connectivity index (χ1n) is 5.93. The average molecular weight is 268 g/mol. The van der Waals surface area contributed by atoms with Gasteiger partial charge in [-0.15, -0.1) is 0 Å². The van der Waals surface area contributed by atoms with Gasteiger partial charge in [-0.05, 0) is 18.0 Å². The molecule has 2 aromatic rings. The number of aromatic nitrogens is 4. The molecule has 0 radical (unpaired) electrons. The highest BCUT2D eigenvalue weighted by molar-refractivity contribution is 6.28. The normalized spacial score (nSPS) is 17.1. The Hall–Kier alpha value is -1.40. The van der Waals surface area contributed by atoms with Crippen molar-refractivity contribution in [2.45, 2.75) is 6.42 Å². The Morgan fingerprint density at radius 2 is 2.17 bits per heavy atom. The zero-order chi connectivity index (χ0) is 12.5. The van der Waals surface area contributed by atoms with Crippen molar-refractivity contribution in [3.63, 3.8) is 0 Å². The standard InChI is InChI=1S/C11H14ClN5O/c1-16-7-13-9-8(16)10(15-11(12)14-9)17-3-2-5-18-6-4-17/h7H,2-6H2,1H3. The van der Waals surface area contributed by atoms with Crippen LogP contribution in [0.2, 0.25) is 5.28 Å². The molecule has 0 atom stereocenters. The first kappa shape index (κ1) is 11.7. The van der Waals surface area contributed by atoms with Crippen LogP contribution in [0.15, 0.2) is 6.33 Å². The highest BCUT2D eigenvalue weighted by Crippen LogP contribution is 2.24. The number of aryl methyl sites for hydroxylation is 1. The summed E-state index contributed by atoms with van der Waals surface area (Å²) in [5.74, 6) is 0.843. The van der Waals surface area contributed by atoms with Gasteiger partial charge in [0.05, 0.1) is 12.9 Å². The number of fused-ring (bicyclic) bond motifs is 1. The lowest BCUT2D eigenvalue weighted by molar-refractivity contribution is 0.152.